The number of aromatic nitrogens is 2. The molecule has 1 amide bonds. The summed E-state index contributed by atoms with van der Waals surface area (Å²) < 4.78 is 10.9. The summed E-state index contributed by atoms with van der Waals surface area (Å²) in [6.45, 7) is -0.183. The number of ether oxygens (including phenoxy) is 2. The topological polar surface area (TPSA) is 73.3 Å². The number of nitrogens with one attached hydrogen (secondary N) is 1. The number of rotatable bonds is 6. The lowest BCUT2D eigenvalue weighted by molar-refractivity contribution is -0.118. The van der Waals surface area contributed by atoms with Gasteiger partial charge in [0.2, 0.25) is 0 Å². The highest BCUT2D eigenvalue weighted by atomic mass is 35.5. The number of carbonyl (C=O) groups is 1. The summed E-state index contributed by atoms with van der Waals surface area (Å²) >= 11 is 11.8. The summed E-state index contributed by atoms with van der Waals surface area (Å²) in [6, 6.07) is 13.5. The van der Waals surface area contributed by atoms with Crippen molar-refractivity contribution in [3.8, 4) is 17.5 Å². The van der Waals surface area contributed by atoms with Gasteiger partial charge in [0.1, 0.15) is 11.5 Å². The molecule has 6 nitrogen and oxygen atoms in total. The number of halogens is 2. The molecule has 3 rings (SSSR count). The van der Waals surface area contributed by atoms with Crippen molar-refractivity contribution in [1.82, 2.24) is 9.97 Å². The first-order valence-electron chi connectivity index (χ1n) is 7.53. The number of benzene rings is 2. The minimum atomic E-state index is -0.323. The van der Waals surface area contributed by atoms with Gasteiger partial charge >= 0.3 is 6.01 Å². The zero-order valence-electron chi connectivity index (χ0n) is 13.4. The monoisotopic (exact) mass is 389 g/mol. The Bertz CT molecular complexity index is 890. The Balaban J connectivity index is 1.52. The molecule has 8 heteroatoms. The van der Waals surface area contributed by atoms with Crippen LogP contribution in [0.15, 0.2) is 60.9 Å². The van der Waals surface area contributed by atoms with Gasteiger partial charge in [0, 0.05) is 23.1 Å². The quantitative estimate of drug-likeness (QED) is 0.666. The van der Waals surface area contributed by atoms with E-state index >= 15 is 0 Å². The molecule has 0 saturated carbocycles. The highest BCUT2D eigenvalue weighted by molar-refractivity contribution is 6.35. The Labute approximate surface area is 159 Å². The van der Waals surface area contributed by atoms with Crippen molar-refractivity contribution in [2.75, 3.05) is 11.9 Å². The molecule has 132 valence electrons. The van der Waals surface area contributed by atoms with E-state index in [1.807, 2.05) is 0 Å². The van der Waals surface area contributed by atoms with Gasteiger partial charge in [-0.05, 0) is 48.5 Å². The molecule has 3 aromatic rings. The second kappa shape index (κ2) is 8.51. The number of anilines is 1. The van der Waals surface area contributed by atoms with Crippen LogP contribution in [0.1, 0.15) is 0 Å². The van der Waals surface area contributed by atoms with Crippen molar-refractivity contribution >= 4 is 34.8 Å². The van der Waals surface area contributed by atoms with Crippen LogP contribution in [0.25, 0.3) is 0 Å². The highest BCUT2D eigenvalue weighted by Gasteiger charge is 2.07. The van der Waals surface area contributed by atoms with Gasteiger partial charge in [0.15, 0.2) is 6.61 Å². The number of hydrogen-bond donors (Lipinski definition) is 1. The molecular weight excluding hydrogens is 377 g/mol. The summed E-state index contributed by atoms with van der Waals surface area (Å²) in [5.74, 6) is 0.618. The van der Waals surface area contributed by atoms with E-state index in [-0.39, 0.29) is 18.5 Å². The van der Waals surface area contributed by atoms with E-state index in [0.29, 0.717) is 27.2 Å². The highest BCUT2D eigenvalue weighted by Crippen LogP contribution is 2.27. The summed E-state index contributed by atoms with van der Waals surface area (Å²) in [5.41, 5.74) is 0.599. The number of amides is 1. The second-order valence-electron chi connectivity index (χ2n) is 5.07. The molecule has 0 atom stereocenters. The molecule has 1 N–H and O–H groups in total. The van der Waals surface area contributed by atoms with E-state index in [1.54, 1.807) is 60.9 Å². The smallest absolute Gasteiger partial charge is 0.321 e. The lowest BCUT2D eigenvalue weighted by Crippen LogP contribution is -2.20. The van der Waals surface area contributed by atoms with Crippen molar-refractivity contribution in [3.63, 3.8) is 0 Å². The maximum absolute atomic E-state index is 12.0. The van der Waals surface area contributed by atoms with E-state index in [9.17, 15) is 4.79 Å². The van der Waals surface area contributed by atoms with Crippen molar-refractivity contribution in [3.05, 3.63) is 71.0 Å². The van der Waals surface area contributed by atoms with Gasteiger partial charge in [0.25, 0.3) is 5.91 Å². The Morgan fingerprint density at radius 1 is 1.04 bits per heavy atom. The standard InChI is InChI=1S/C18H13Cl2N3O3/c19-12-2-7-16(15(20)10-12)25-11-17(24)23-13-3-5-14(6-4-13)26-18-21-8-1-9-22-18/h1-10H,11H2,(H,23,24). The lowest BCUT2D eigenvalue weighted by atomic mass is 10.3. The maximum atomic E-state index is 12.0. The molecule has 0 radical (unpaired) electrons. The Morgan fingerprint density at radius 3 is 2.46 bits per heavy atom. The summed E-state index contributed by atoms with van der Waals surface area (Å²) in [6.07, 6.45) is 3.17. The minimum absolute atomic E-state index is 0.183. The zero-order valence-corrected chi connectivity index (χ0v) is 14.9. The van der Waals surface area contributed by atoms with E-state index in [1.165, 1.54) is 0 Å². The van der Waals surface area contributed by atoms with Crippen LogP contribution in [0.3, 0.4) is 0 Å². The molecule has 0 spiro atoms. The minimum Gasteiger partial charge on any atom is -0.482 e. The lowest BCUT2D eigenvalue weighted by Gasteiger charge is -2.09. The number of hydrogen-bond acceptors (Lipinski definition) is 5. The molecule has 2 aromatic carbocycles. The van der Waals surface area contributed by atoms with E-state index < -0.39 is 0 Å². The van der Waals surface area contributed by atoms with Crippen LogP contribution in [0.5, 0.6) is 17.5 Å². The van der Waals surface area contributed by atoms with E-state index in [4.69, 9.17) is 32.7 Å². The fourth-order valence-corrected chi connectivity index (χ4v) is 2.45. The first kappa shape index (κ1) is 18.0. The Kier molecular flexibility index (Phi) is 5.88. The average Bonchev–Trinajstić information content (AvgIpc) is 2.63. The first-order valence-corrected chi connectivity index (χ1v) is 8.28. The van der Waals surface area contributed by atoms with Crippen molar-refractivity contribution < 1.29 is 14.3 Å². The summed E-state index contributed by atoms with van der Waals surface area (Å²) in [5, 5.41) is 3.55. The fourth-order valence-electron chi connectivity index (χ4n) is 1.98. The third kappa shape index (κ3) is 5.08. The predicted molar refractivity (Wildman–Crippen MR) is 99.1 cm³/mol. The molecule has 0 unspecified atom stereocenters. The van der Waals surface area contributed by atoms with E-state index in [0.717, 1.165) is 0 Å². The average molecular weight is 390 g/mol. The van der Waals surface area contributed by atoms with Crippen molar-refractivity contribution in [2.24, 2.45) is 0 Å². The second-order valence-corrected chi connectivity index (χ2v) is 5.91. The van der Waals surface area contributed by atoms with Gasteiger partial charge in [0.05, 0.1) is 5.02 Å². The first-order chi connectivity index (χ1) is 12.6. The van der Waals surface area contributed by atoms with Crippen molar-refractivity contribution in [1.29, 1.82) is 0 Å². The van der Waals surface area contributed by atoms with Crippen LogP contribution in [0.2, 0.25) is 10.0 Å². The molecule has 0 fully saturated rings. The molecule has 1 heterocycles. The Morgan fingerprint density at radius 2 is 1.77 bits per heavy atom. The van der Waals surface area contributed by atoms with Crippen LogP contribution in [-0.2, 0) is 4.79 Å². The molecule has 0 aliphatic carbocycles. The van der Waals surface area contributed by atoms with Gasteiger partial charge in [-0.3, -0.25) is 4.79 Å². The predicted octanol–water partition coefficient (Wildman–Crippen LogP) is 4.59. The maximum Gasteiger partial charge on any atom is 0.321 e. The molecule has 0 aliphatic rings. The summed E-state index contributed by atoms with van der Waals surface area (Å²) in [7, 11) is 0. The van der Waals surface area contributed by atoms with Gasteiger partial charge in [-0.25, -0.2) is 9.97 Å². The molecule has 26 heavy (non-hydrogen) atoms. The van der Waals surface area contributed by atoms with Crippen LogP contribution < -0.4 is 14.8 Å². The molecule has 1 aromatic heterocycles. The molecule has 0 saturated heterocycles. The van der Waals surface area contributed by atoms with Gasteiger partial charge in [-0.1, -0.05) is 23.2 Å². The Hall–Kier alpha value is -2.83. The third-order valence-electron chi connectivity index (χ3n) is 3.14. The normalized spacial score (nSPS) is 10.2. The van der Waals surface area contributed by atoms with E-state index in [2.05, 4.69) is 15.3 Å². The van der Waals surface area contributed by atoms with Gasteiger partial charge < -0.3 is 14.8 Å². The summed E-state index contributed by atoms with van der Waals surface area (Å²) in [4.78, 5) is 19.9. The van der Waals surface area contributed by atoms with Crippen LogP contribution in [0.4, 0.5) is 5.69 Å². The number of carbonyl (C=O) groups excluding carboxylic acids is 1. The van der Waals surface area contributed by atoms with Crippen LogP contribution >= 0.6 is 23.2 Å². The third-order valence-corrected chi connectivity index (χ3v) is 3.67. The molecule has 0 bridgehead atoms. The fraction of sp³-hybridized carbons (Fsp3) is 0.0556. The SMILES string of the molecule is O=C(COc1ccc(Cl)cc1Cl)Nc1ccc(Oc2ncccn2)cc1. The van der Waals surface area contributed by atoms with Crippen LogP contribution in [0, 0.1) is 0 Å². The van der Waals surface area contributed by atoms with Crippen molar-refractivity contribution in [2.45, 2.75) is 0 Å². The van der Waals surface area contributed by atoms with Gasteiger partial charge in [-0.15, -0.1) is 0 Å². The molecule has 0 aliphatic heterocycles. The number of nitrogens with zero attached hydrogens (tertiary/aromatic N) is 2. The largest absolute Gasteiger partial charge is 0.482 e. The van der Waals surface area contributed by atoms with Crippen LogP contribution in [-0.4, -0.2) is 22.5 Å². The zero-order chi connectivity index (χ0) is 18.4. The van der Waals surface area contributed by atoms with Gasteiger partial charge in [-0.2, -0.15) is 0 Å². The molecular formula is C18H13Cl2N3O3.